The van der Waals surface area contributed by atoms with Gasteiger partial charge in [0.15, 0.2) is 5.16 Å². The summed E-state index contributed by atoms with van der Waals surface area (Å²) in [6.45, 7) is 3.62. The predicted octanol–water partition coefficient (Wildman–Crippen LogP) is 3.64. The van der Waals surface area contributed by atoms with Gasteiger partial charge in [0, 0.05) is 36.9 Å². The van der Waals surface area contributed by atoms with Crippen molar-refractivity contribution in [3.05, 3.63) is 60.9 Å². The highest BCUT2D eigenvalue weighted by atomic mass is 32.2. The molecule has 0 unspecified atom stereocenters. The maximum absolute atomic E-state index is 12.5. The van der Waals surface area contributed by atoms with Gasteiger partial charge in [-0.1, -0.05) is 11.8 Å². The van der Waals surface area contributed by atoms with Gasteiger partial charge in [-0.3, -0.25) is 9.36 Å². The van der Waals surface area contributed by atoms with E-state index in [1.807, 2.05) is 48.9 Å². The van der Waals surface area contributed by atoms with Crippen LogP contribution in [0.3, 0.4) is 0 Å². The Kier molecular flexibility index (Phi) is 7.60. The second-order valence-electron chi connectivity index (χ2n) is 7.25. The number of imidazole rings is 1. The summed E-state index contributed by atoms with van der Waals surface area (Å²) in [5.74, 6) is 0.704. The number of thioether (sulfide) groups is 1. The number of rotatable bonds is 9. The van der Waals surface area contributed by atoms with E-state index in [1.165, 1.54) is 28.2 Å². The smallest absolute Gasteiger partial charge is 0.243 e. The zero-order chi connectivity index (χ0) is 23.3. The summed E-state index contributed by atoms with van der Waals surface area (Å²) in [5.41, 5.74) is 1.44. The minimum absolute atomic E-state index is 0.151. The van der Waals surface area contributed by atoms with Gasteiger partial charge in [-0.25, -0.2) is 13.4 Å². The number of benzene rings is 2. The highest BCUT2D eigenvalue weighted by Gasteiger charge is 2.22. The van der Waals surface area contributed by atoms with Crippen LogP contribution in [0.4, 0.5) is 5.69 Å². The fourth-order valence-corrected chi connectivity index (χ4v) is 4.96. The first-order chi connectivity index (χ1) is 15.2. The number of carbonyl (C=O) groups is 1. The van der Waals surface area contributed by atoms with Crippen LogP contribution in [0, 0.1) is 0 Å². The topological polar surface area (TPSA) is 93.5 Å². The van der Waals surface area contributed by atoms with Crippen molar-refractivity contribution in [2.75, 3.05) is 25.2 Å². The van der Waals surface area contributed by atoms with Crippen molar-refractivity contribution in [3.63, 3.8) is 0 Å². The summed E-state index contributed by atoms with van der Waals surface area (Å²) >= 11 is 1.31. The van der Waals surface area contributed by atoms with E-state index >= 15 is 0 Å². The van der Waals surface area contributed by atoms with Crippen LogP contribution in [0.15, 0.2) is 71.0 Å². The van der Waals surface area contributed by atoms with Crippen LogP contribution in [0.2, 0.25) is 0 Å². The molecule has 0 atom stereocenters. The molecule has 0 aliphatic carbocycles. The summed E-state index contributed by atoms with van der Waals surface area (Å²) in [6, 6.07) is 13.6. The highest BCUT2D eigenvalue weighted by Crippen LogP contribution is 2.23. The lowest BCUT2D eigenvalue weighted by molar-refractivity contribution is -0.113. The van der Waals surface area contributed by atoms with Gasteiger partial charge < -0.3 is 10.1 Å². The Morgan fingerprint density at radius 1 is 1.16 bits per heavy atom. The molecule has 1 amide bonds. The van der Waals surface area contributed by atoms with Gasteiger partial charge in [0.2, 0.25) is 15.9 Å². The fourth-order valence-electron chi connectivity index (χ4n) is 2.82. The summed E-state index contributed by atoms with van der Waals surface area (Å²) in [7, 11) is -0.403. The van der Waals surface area contributed by atoms with Gasteiger partial charge in [-0.15, -0.1) is 0 Å². The molecule has 0 spiro atoms. The molecule has 32 heavy (non-hydrogen) atoms. The molecule has 2 aromatic carbocycles. The largest absolute Gasteiger partial charge is 0.497 e. The van der Waals surface area contributed by atoms with Gasteiger partial charge in [0.25, 0.3) is 0 Å². The number of amides is 1. The third kappa shape index (κ3) is 5.50. The number of nitrogens with zero attached hydrogens (tertiary/aromatic N) is 3. The molecule has 1 aromatic heterocycles. The third-order valence-corrected chi connectivity index (χ3v) is 7.85. The summed E-state index contributed by atoms with van der Waals surface area (Å²) < 4.78 is 33.5. The number of aromatic nitrogens is 2. The normalized spacial score (nSPS) is 11.7. The second-order valence-corrected chi connectivity index (χ2v) is 10.2. The van der Waals surface area contributed by atoms with E-state index in [2.05, 4.69) is 10.3 Å². The average Bonchev–Trinajstić information content (AvgIpc) is 3.26. The molecule has 0 radical (unpaired) electrons. The molecule has 3 rings (SSSR count). The quantitative estimate of drug-likeness (QED) is 0.476. The Morgan fingerprint density at radius 2 is 1.81 bits per heavy atom. The molecule has 3 aromatic rings. The maximum atomic E-state index is 12.5. The van der Waals surface area contributed by atoms with Crippen LogP contribution in [-0.4, -0.2) is 54.1 Å². The van der Waals surface area contributed by atoms with Crippen LogP contribution in [0.25, 0.3) is 5.69 Å². The Bertz CT molecular complexity index is 1160. The van der Waals surface area contributed by atoms with Crippen molar-refractivity contribution in [2.24, 2.45) is 0 Å². The summed E-state index contributed by atoms with van der Waals surface area (Å²) in [5, 5.41) is 3.47. The number of hydrogen-bond acceptors (Lipinski definition) is 6. The Labute approximate surface area is 192 Å². The van der Waals surface area contributed by atoms with Crippen LogP contribution in [0.5, 0.6) is 5.75 Å². The third-order valence-electron chi connectivity index (χ3n) is 4.83. The van der Waals surface area contributed by atoms with Gasteiger partial charge in [0.05, 0.1) is 17.8 Å². The molecule has 0 saturated carbocycles. The SMILES string of the molecule is COc1ccc(-n2ccnc2SCC(=O)Nc2ccc(S(=O)(=O)N(C)C(C)C)cc2)cc1. The number of methoxy groups -OCH3 is 1. The number of anilines is 1. The second kappa shape index (κ2) is 10.2. The first-order valence-corrected chi connectivity index (χ1v) is 12.3. The number of hydrogen-bond donors (Lipinski definition) is 1. The van der Waals surface area contributed by atoms with Gasteiger partial charge in [-0.05, 0) is 62.4 Å². The van der Waals surface area contributed by atoms with Gasteiger partial charge in [0.1, 0.15) is 5.75 Å². The van der Waals surface area contributed by atoms with Gasteiger partial charge in [-0.2, -0.15) is 4.31 Å². The fraction of sp³-hybridized carbons (Fsp3) is 0.273. The lowest BCUT2D eigenvalue weighted by Gasteiger charge is -2.21. The number of ether oxygens (including phenoxy) is 1. The molecule has 0 saturated heterocycles. The number of carbonyl (C=O) groups excluding carboxylic acids is 1. The van der Waals surface area contributed by atoms with Crippen molar-refractivity contribution in [2.45, 2.75) is 29.9 Å². The lowest BCUT2D eigenvalue weighted by atomic mass is 10.3. The van der Waals surface area contributed by atoms with Crippen molar-refractivity contribution < 1.29 is 17.9 Å². The standard InChI is InChI=1S/C22H26N4O4S2/c1-16(2)25(3)32(28,29)20-11-5-17(6-12-20)24-21(27)15-31-22-23-13-14-26(22)18-7-9-19(30-4)10-8-18/h5-14,16H,15H2,1-4H3,(H,24,27). The molecule has 8 nitrogen and oxygen atoms in total. The Balaban J connectivity index is 1.61. The maximum Gasteiger partial charge on any atom is 0.243 e. The Morgan fingerprint density at radius 3 is 2.41 bits per heavy atom. The average molecular weight is 475 g/mol. The van der Waals surface area contributed by atoms with Crippen molar-refractivity contribution >= 4 is 33.4 Å². The molecule has 0 aliphatic rings. The minimum Gasteiger partial charge on any atom is -0.497 e. The highest BCUT2D eigenvalue weighted by molar-refractivity contribution is 7.99. The van der Waals surface area contributed by atoms with Crippen molar-refractivity contribution in [1.29, 1.82) is 0 Å². The van der Waals surface area contributed by atoms with Crippen LogP contribution in [-0.2, 0) is 14.8 Å². The Hall–Kier alpha value is -2.82. The molecule has 10 heteroatoms. The molecular weight excluding hydrogens is 448 g/mol. The van der Waals surface area contributed by atoms with E-state index in [4.69, 9.17) is 4.74 Å². The monoisotopic (exact) mass is 474 g/mol. The molecular formula is C22H26N4O4S2. The zero-order valence-electron chi connectivity index (χ0n) is 18.3. The van der Waals surface area contributed by atoms with E-state index in [0.717, 1.165) is 11.4 Å². The number of sulfonamides is 1. The van der Waals surface area contributed by atoms with Gasteiger partial charge >= 0.3 is 0 Å². The summed E-state index contributed by atoms with van der Waals surface area (Å²) in [4.78, 5) is 16.9. The molecule has 170 valence electrons. The van der Waals surface area contributed by atoms with Crippen molar-refractivity contribution in [1.82, 2.24) is 13.9 Å². The van der Waals surface area contributed by atoms with E-state index in [-0.39, 0.29) is 22.6 Å². The zero-order valence-corrected chi connectivity index (χ0v) is 20.0. The lowest BCUT2D eigenvalue weighted by Crippen LogP contribution is -2.33. The van der Waals surface area contributed by atoms with Crippen molar-refractivity contribution in [3.8, 4) is 11.4 Å². The molecule has 0 aliphatic heterocycles. The van der Waals surface area contributed by atoms with Crippen LogP contribution in [0.1, 0.15) is 13.8 Å². The van der Waals surface area contributed by atoms with E-state index in [1.54, 1.807) is 32.5 Å². The summed E-state index contributed by atoms with van der Waals surface area (Å²) in [6.07, 6.45) is 3.51. The first kappa shape index (κ1) is 23.8. The van der Waals surface area contributed by atoms with E-state index < -0.39 is 10.0 Å². The van der Waals surface area contributed by atoms with Crippen LogP contribution < -0.4 is 10.1 Å². The molecule has 0 bridgehead atoms. The predicted molar refractivity (Wildman–Crippen MR) is 126 cm³/mol. The molecule has 0 fully saturated rings. The molecule has 1 N–H and O–H groups in total. The van der Waals surface area contributed by atoms with E-state index in [0.29, 0.717) is 10.8 Å². The van der Waals surface area contributed by atoms with Crippen LogP contribution >= 0.6 is 11.8 Å². The molecule has 1 heterocycles. The van der Waals surface area contributed by atoms with E-state index in [9.17, 15) is 13.2 Å². The number of nitrogens with one attached hydrogen (secondary N) is 1. The minimum atomic E-state index is -3.56. The first-order valence-electron chi connectivity index (χ1n) is 9.91.